The summed E-state index contributed by atoms with van der Waals surface area (Å²) in [5, 5.41) is 13.5. The van der Waals surface area contributed by atoms with E-state index in [9.17, 15) is 14.7 Å². The number of thioether (sulfide) groups is 1. The average Bonchev–Trinajstić information content (AvgIpc) is 3.25. The number of hydrogen-bond acceptors (Lipinski definition) is 5. The first-order valence-corrected chi connectivity index (χ1v) is 12.9. The molecule has 3 atom stereocenters. The third kappa shape index (κ3) is 3.35. The van der Waals surface area contributed by atoms with E-state index in [1.165, 1.54) is 32.1 Å². The van der Waals surface area contributed by atoms with Gasteiger partial charge in [-0.25, -0.2) is 4.98 Å². The molecule has 7 rings (SSSR count). The van der Waals surface area contributed by atoms with Crippen molar-refractivity contribution in [2.75, 3.05) is 23.7 Å². The lowest BCUT2D eigenvalue weighted by Crippen LogP contribution is -2.55. The van der Waals surface area contributed by atoms with Gasteiger partial charge in [0.05, 0.1) is 11.5 Å². The molecule has 0 aromatic carbocycles. The van der Waals surface area contributed by atoms with Gasteiger partial charge in [0, 0.05) is 19.1 Å². The highest BCUT2D eigenvalue weighted by Gasteiger charge is 2.60. The first kappa shape index (κ1) is 19.9. The molecule has 6 nitrogen and oxygen atoms in total. The van der Waals surface area contributed by atoms with Crippen LogP contribution < -0.4 is 10.2 Å². The van der Waals surface area contributed by atoms with Gasteiger partial charge in [0.2, 0.25) is 0 Å². The van der Waals surface area contributed by atoms with Crippen molar-refractivity contribution in [1.29, 1.82) is 0 Å². The van der Waals surface area contributed by atoms with Gasteiger partial charge in [-0.05, 0) is 85.5 Å². The van der Waals surface area contributed by atoms with Crippen LogP contribution in [0.5, 0.6) is 0 Å². The van der Waals surface area contributed by atoms with E-state index in [1.54, 1.807) is 11.8 Å². The molecule has 1 unspecified atom stereocenters. The molecule has 2 heterocycles. The highest BCUT2D eigenvalue weighted by Crippen LogP contribution is 2.54. The first-order chi connectivity index (χ1) is 15.0. The summed E-state index contributed by atoms with van der Waals surface area (Å²) >= 11 is 1.62. The van der Waals surface area contributed by atoms with Gasteiger partial charge in [0.25, 0.3) is 5.91 Å². The Bertz CT molecular complexity index is 881. The van der Waals surface area contributed by atoms with E-state index in [0.29, 0.717) is 23.4 Å². The topological polar surface area (TPSA) is 82.5 Å². The predicted octanol–water partition coefficient (Wildman–Crippen LogP) is 3.51. The average molecular weight is 442 g/mol. The molecule has 4 bridgehead atoms. The Morgan fingerprint density at radius 1 is 1.10 bits per heavy atom. The number of hydrogen-bond donors (Lipinski definition) is 2. The van der Waals surface area contributed by atoms with E-state index in [0.717, 1.165) is 41.5 Å². The van der Waals surface area contributed by atoms with Crippen LogP contribution in [0.2, 0.25) is 0 Å². The van der Waals surface area contributed by atoms with Gasteiger partial charge in [-0.15, -0.1) is 11.8 Å². The lowest BCUT2D eigenvalue weighted by molar-refractivity contribution is -0.139. The second kappa shape index (κ2) is 7.39. The predicted molar refractivity (Wildman–Crippen MR) is 119 cm³/mol. The minimum absolute atomic E-state index is 0.0303. The Morgan fingerprint density at radius 2 is 1.74 bits per heavy atom. The van der Waals surface area contributed by atoms with Crippen LogP contribution in [0.15, 0.2) is 17.2 Å². The van der Waals surface area contributed by atoms with E-state index in [1.807, 2.05) is 12.1 Å². The number of amides is 1. The van der Waals surface area contributed by atoms with Gasteiger partial charge in [0.1, 0.15) is 10.8 Å². The minimum Gasteiger partial charge on any atom is -0.481 e. The van der Waals surface area contributed by atoms with Crippen LogP contribution in [0.3, 0.4) is 0 Å². The Balaban J connectivity index is 1.17. The van der Waals surface area contributed by atoms with Crippen LogP contribution in [0.1, 0.15) is 49.4 Å². The fourth-order valence-corrected chi connectivity index (χ4v) is 8.24. The Morgan fingerprint density at radius 3 is 2.32 bits per heavy atom. The Kier molecular flexibility index (Phi) is 4.74. The number of piperidine rings is 1. The highest BCUT2D eigenvalue weighted by atomic mass is 32.2. The molecule has 2 N–H and O–H groups in total. The summed E-state index contributed by atoms with van der Waals surface area (Å²) in [5.41, 5.74) is 0.692. The van der Waals surface area contributed by atoms with E-state index in [-0.39, 0.29) is 23.7 Å². The van der Waals surface area contributed by atoms with Gasteiger partial charge in [-0.1, -0.05) is 6.92 Å². The first-order valence-electron chi connectivity index (χ1n) is 11.9. The summed E-state index contributed by atoms with van der Waals surface area (Å²) in [6, 6.07) is 4.22. The van der Waals surface area contributed by atoms with E-state index < -0.39 is 5.97 Å². The summed E-state index contributed by atoms with van der Waals surface area (Å²) in [5.74, 6) is 4.55. The maximum Gasteiger partial charge on any atom is 0.307 e. The van der Waals surface area contributed by atoms with Gasteiger partial charge in [-0.3, -0.25) is 9.59 Å². The second-order valence-corrected chi connectivity index (χ2v) is 11.7. The maximum absolute atomic E-state index is 13.3. The SMILES string of the molecule is CCSc1nc(N2C[C@@H]3C(C(=O)O)[C@@H]3C2)ccc1C(=O)NC1C2CC3CC(C2)CC1C3. The number of rotatable bonds is 6. The fourth-order valence-electron chi connectivity index (χ4n) is 7.50. The van der Waals surface area contributed by atoms with Crippen molar-refractivity contribution in [3.8, 4) is 0 Å². The zero-order chi connectivity index (χ0) is 21.3. The third-order valence-electron chi connectivity index (χ3n) is 8.70. The molecule has 0 radical (unpaired) electrons. The molecule has 1 saturated heterocycles. The maximum atomic E-state index is 13.3. The lowest BCUT2D eigenvalue weighted by atomic mass is 9.54. The summed E-state index contributed by atoms with van der Waals surface area (Å²) in [4.78, 5) is 31.6. The van der Waals surface area contributed by atoms with Gasteiger partial charge in [0.15, 0.2) is 0 Å². The van der Waals surface area contributed by atoms with Crippen molar-refractivity contribution < 1.29 is 14.7 Å². The summed E-state index contributed by atoms with van der Waals surface area (Å²) in [6.07, 6.45) is 6.59. The van der Waals surface area contributed by atoms with Crippen LogP contribution in [0.4, 0.5) is 5.82 Å². The highest BCUT2D eigenvalue weighted by molar-refractivity contribution is 7.99. The summed E-state index contributed by atoms with van der Waals surface area (Å²) < 4.78 is 0. The van der Waals surface area contributed by atoms with Crippen LogP contribution in [0.25, 0.3) is 0 Å². The number of carboxylic acids is 1. The Labute approximate surface area is 187 Å². The third-order valence-corrected chi connectivity index (χ3v) is 9.57. The summed E-state index contributed by atoms with van der Waals surface area (Å²) in [7, 11) is 0. The Hall–Kier alpha value is -1.76. The number of carboxylic acid groups (broad SMARTS) is 1. The van der Waals surface area contributed by atoms with Crippen molar-refractivity contribution in [1.82, 2.24) is 10.3 Å². The number of aromatic nitrogens is 1. The molecule has 1 aromatic heterocycles. The zero-order valence-corrected chi connectivity index (χ0v) is 18.8. The van der Waals surface area contributed by atoms with Crippen LogP contribution in [0, 0.1) is 41.4 Å². The number of nitrogens with one attached hydrogen (secondary N) is 1. The van der Waals surface area contributed by atoms with E-state index >= 15 is 0 Å². The molecule has 1 amide bonds. The molecule has 31 heavy (non-hydrogen) atoms. The largest absolute Gasteiger partial charge is 0.481 e. The van der Waals surface area contributed by atoms with E-state index in [2.05, 4.69) is 17.1 Å². The molecule has 5 aliphatic carbocycles. The van der Waals surface area contributed by atoms with Crippen LogP contribution in [-0.2, 0) is 4.79 Å². The molecular formula is C24H31N3O3S. The molecule has 166 valence electrons. The number of nitrogens with zero attached hydrogens (tertiary/aromatic N) is 2. The van der Waals surface area contributed by atoms with Crippen molar-refractivity contribution in [2.24, 2.45) is 41.4 Å². The van der Waals surface area contributed by atoms with E-state index in [4.69, 9.17) is 4.98 Å². The number of fused-ring (bicyclic) bond motifs is 1. The van der Waals surface area contributed by atoms with Gasteiger partial charge >= 0.3 is 5.97 Å². The lowest BCUT2D eigenvalue weighted by Gasteiger charge is -2.54. The van der Waals surface area contributed by atoms with Crippen molar-refractivity contribution in [3.05, 3.63) is 17.7 Å². The van der Waals surface area contributed by atoms with Crippen LogP contribution >= 0.6 is 11.8 Å². The molecule has 5 saturated carbocycles. The van der Waals surface area contributed by atoms with Crippen molar-refractivity contribution in [2.45, 2.75) is 50.1 Å². The van der Waals surface area contributed by atoms with Crippen molar-refractivity contribution in [3.63, 3.8) is 0 Å². The molecule has 6 aliphatic rings. The molecule has 7 heteroatoms. The zero-order valence-electron chi connectivity index (χ0n) is 18.0. The smallest absolute Gasteiger partial charge is 0.307 e. The number of aliphatic carboxylic acids is 1. The normalized spacial score (nSPS) is 39.5. The van der Waals surface area contributed by atoms with Crippen LogP contribution in [-0.4, -0.2) is 46.9 Å². The van der Waals surface area contributed by atoms with Gasteiger partial charge < -0.3 is 15.3 Å². The second-order valence-electron chi connectivity index (χ2n) is 10.5. The quantitative estimate of drug-likeness (QED) is 0.658. The van der Waals surface area contributed by atoms with Gasteiger partial charge in [-0.2, -0.15) is 0 Å². The molecule has 0 spiro atoms. The minimum atomic E-state index is -0.665. The molecule has 1 aromatic rings. The standard InChI is InChI=1S/C24H31N3O3S/c1-2-31-23-16(3-4-19(25-23)27-10-17-18(11-27)20(17)24(29)30)22(28)26-21-14-6-12-5-13(8-14)9-15(21)7-12/h3-4,12-15,17-18,20-21H,2,5-11H2,1H3,(H,26,28)(H,29,30)/t12?,13?,14?,15?,17-,18+,20?,21?. The molecular weight excluding hydrogens is 410 g/mol. The molecule has 6 fully saturated rings. The summed E-state index contributed by atoms with van der Waals surface area (Å²) in [6.45, 7) is 3.59. The number of carbonyl (C=O) groups is 2. The number of carbonyl (C=O) groups excluding carboxylic acids is 1. The molecule has 1 aliphatic heterocycles. The number of anilines is 1. The fraction of sp³-hybridized carbons (Fsp3) is 0.708. The number of pyridine rings is 1. The van der Waals surface area contributed by atoms with Crippen molar-refractivity contribution >= 4 is 29.5 Å². The monoisotopic (exact) mass is 441 g/mol.